The quantitative estimate of drug-likeness (QED) is 0.335. The molecule has 0 aliphatic carbocycles. The van der Waals surface area contributed by atoms with Gasteiger partial charge in [0.2, 0.25) is 11.1 Å². The Bertz CT molecular complexity index is 1350. The summed E-state index contributed by atoms with van der Waals surface area (Å²) in [6.07, 6.45) is 0.286. The molecule has 0 spiro atoms. The molecule has 6 nitrogen and oxygen atoms in total. The number of anilines is 1. The Morgan fingerprint density at radius 2 is 1.88 bits per heavy atom. The number of fused-ring (bicyclic) bond motifs is 1. The van der Waals surface area contributed by atoms with Crippen molar-refractivity contribution < 1.29 is 9.18 Å². The normalized spacial score (nSPS) is 11.2. The molecular weight excluding hydrogens is 484 g/mol. The standard InChI is InChI=1S/C23H20Cl2FN5OS/c1-12-7-8-20(18(25)9-12)28-21(32)11-33-23-29-22-27-13(2)15(14(3)31(22)30-23)10-16-17(24)5-4-6-19(16)26/h4-9H,10-11H2,1-3H3,(H,28,32). The van der Waals surface area contributed by atoms with Crippen molar-refractivity contribution in [3.8, 4) is 0 Å². The van der Waals surface area contributed by atoms with E-state index in [0.29, 0.717) is 32.2 Å². The number of hydrogen-bond acceptors (Lipinski definition) is 5. The van der Waals surface area contributed by atoms with E-state index in [4.69, 9.17) is 23.2 Å². The summed E-state index contributed by atoms with van der Waals surface area (Å²) in [6.45, 7) is 5.65. The molecule has 10 heteroatoms. The first-order valence-corrected chi connectivity index (χ1v) is 11.8. The first-order valence-electron chi connectivity index (χ1n) is 10.1. The minimum absolute atomic E-state index is 0.108. The van der Waals surface area contributed by atoms with Crippen LogP contribution in [0.2, 0.25) is 10.0 Å². The number of hydrogen-bond donors (Lipinski definition) is 1. The average Bonchev–Trinajstić information content (AvgIpc) is 3.16. The summed E-state index contributed by atoms with van der Waals surface area (Å²) in [5, 5.41) is 8.53. The Labute approximate surface area is 204 Å². The zero-order valence-corrected chi connectivity index (χ0v) is 20.4. The van der Waals surface area contributed by atoms with Gasteiger partial charge in [-0.25, -0.2) is 13.9 Å². The second kappa shape index (κ2) is 9.67. The molecule has 0 aliphatic heterocycles. The van der Waals surface area contributed by atoms with Gasteiger partial charge >= 0.3 is 0 Å². The van der Waals surface area contributed by atoms with Gasteiger partial charge in [-0.3, -0.25) is 4.79 Å². The van der Waals surface area contributed by atoms with E-state index >= 15 is 0 Å². The molecule has 1 N–H and O–H groups in total. The Balaban J connectivity index is 1.52. The summed E-state index contributed by atoms with van der Waals surface area (Å²) in [6, 6.07) is 10.1. The van der Waals surface area contributed by atoms with Gasteiger partial charge in [0.1, 0.15) is 5.82 Å². The third-order valence-electron chi connectivity index (χ3n) is 5.18. The first-order chi connectivity index (χ1) is 15.7. The van der Waals surface area contributed by atoms with Crippen LogP contribution in [0.4, 0.5) is 10.1 Å². The van der Waals surface area contributed by atoms with E-state index in [1.165, 1.54) is 17.8 Å². The predicted octanol–water partition coefficient (Wildman–Crippen LogP) is 5.82. The highest BCUT2D eigenvalue weighted by atomic mass is 35.5. The van der Waals surface area contributed by atoms with Crippen LogP contribution in [0, 0.1) is 26.6 Å². The van der Waals surface area contributed by atoms with Crippen LogP contribution in [0.5, 0.6) is 0 Å². The van der Waals surface area contributed by atoms with Crippen molar-refractivity contribution in [3.05, 3.63) is 80.3 Å². The third kappa shape index (κ3) is 5.13. The van der Waals surface area contributed by atoms with Gasteiger partial charge in [0.05, 0.1) is 16.5 Å². The van der Waals surface area contributed by atoms with Crippen molar-refractivity contribution in [2.45, 2.75) is 32.3 Å². The van der Waals surface area contributed by atoms with E-state index in [-0.39, 0.29) is 23.9 Å². The molecule has 4 rings (SSSR count). The van der Waals surface area contributed by atoms with Crippen LogP contribution >= 0.6 is 35.0 Å². The fourth-order valence-electron chi connectivity index (χ4n) is 3.42. The van der Waals surface area contributed by atoms with E-state index < -0.39 is 0 Å². The molecule has 4 aromatic rings. The second-order valence-electron chi connectivity index (χ2n) is 7.56. The first kappa shape index (κ1) is 23.5. The lowest BCUT2D eigenvalue weighted by Gasteiger charge is -2.12. The van der Waals surface area contributed by atoms with Crippen LogP contribution in [-0.2, 0) is 11.2 Å². The maximum Gasteiger partial charge on any atom is 0.253 e. The minimum atomic E-state index is -0.365. The minimum Gasteiger partial charge on any atom is -0.324 e. The van der Waals surface area contributed by atoms with E-state index in [0.717, 1.165) is 22.5 Å². The molecule has 0 radical (unpaired) electrons. The van der Waals surface area contributed by atoms with Crippen molar-refractivity contribution in [2.75, 3.05) is 11.1 Å². The lowest BCUT2D eigenvalue weighted by Crippen LogP contribution is -2.14. The lowest BCUT2D eigenvalue weighted by molar-refractivity contribution is -0.113. The van der Waals surface area contributed by atoms with Crippen LogP contribution in [0.1, 0.15) is 28.1 Å². The predicted molar refractivity (Wildman–Crippen MR) is 130 cm³/mol. The maximum absolute atomic E-state index is 14.3. The van der Waals surface area contributed by atoms with Crippen molar-refractivity contribution in [1.29, 1.82) is 0 Å². The van der Waals surface area contributed by atoms with Crippen LogP contribution in [0.3, 0.4) is 0 Å². The third-order valence-corrected chi connectivity index (χ3v) is 6.68. The molecule has 2 aromatic carbocycles. The Kier molecular flexibility index (Phi) is 6.88. The summed E-state index contributed by atoms with van der Waals surface area (Å²) >= 11 is 13.6. The van der Waals surface area contributed by atoms with E-state index in [9.17, 15) is 9.18 Å². The van der Waals surface area contributed by atoms with Crippen molar-refractivity contribution >= 4 is 52.3 Å². The summed E-state index contributed by atoms with van der Waals surface area (Å²) in [5.74, 6) is -0.0641. The Morgan fingerprint density at radius 1 is 1.09 bits per heavy atom. The monoisotopic (exact) mass is 503 g/mol. The largest absolute Gasteiger partial charge is 0.324 e. The van der Waals surface area contributed by atoms with E-state index in [1.54, 1.807) is 28.8 Å². The number of nitrogens with zero attached hydrogens (tertiary/aromatic N) is 4. The summed E-state index contributed by atoms with van der Waals surface area (Å²) in [5.41, 5.74) is 4.30. The summed E-state index contributed by atoms with van der Waals surface area (Å²) < 4.78 is 15.9. The molecule has 0 fully saturated rings. The summed E-state index contributed by atoms with van der Waals surface area (Å²) in [7, 11) is 0. The van der Waals surface area contributed by atoms with Gasteiger partial charge in [-0.05, 0) is 56.2 Å². The summed E-state index contributed by atoms with van der Waals surface area (Å²) in [4.78, 5) is 21.3. The molecule has 1 amide bonds. The number of thioether (sulfide) groups is 1. The number of nitrogens with one attached hydrogen (secondary N) is 1. The smallest absolute Gasteiger partial charge is 0.253 e. The van der Waals surface area contributed by atoms with E-state index in [2.05, 4.69) is 20.4 Å². The zero-order chi connectivity index (χ0) is 23.7. The SMILES string of the molecule is Cc1ccc(NC(=O)CSc2nc3nc(C)c(Cc4c(F)cccc4Cl)c(C)n3n2)c(Cl)c1. The molecule has 0 unspecified atom stereocenters. The second-order valence-corrected chi connectivity index (χ2v) is 9.32. The van der Waals surface area contributed by atoms with Crippen molar-refractivity contribution in [1.82, 2.24) is 19.6 Å². The molecule has 2 heterocycles. The Morgan fingerprint density at radius 3 is 2.61 bits per heavy atom. The zero-order valence-electron chi connectivity index (χ0n) is 18.1. The van der Waals surface area contributed by atoms with Gasteiger partial charge in [0.25, 0.3) is 5.78 Å². The van der Waals surface area contributed by atoms with Crippen molar-refractivity contribution in [3.63, 3.8) is 0 Å². The van der Waals surface area contributed by atoms with Gasteiger partial charge in [-0.15, -0.1) is 5.10 Å². The van der Waals surface area contributed by atoms with Gasteiger partial charge in [-0.1, -0.05) is 47.1 Å². The van der Waals surface area contributed by atoms with Crippen LogP contribution in [0.15, 0.2) is 41.6 Å². The number of aryl methyl sites for hydroxylation is 3. The maximum atomic E-state index is 14.3. The van der Waals surface area contributed by atoms with Crippen LogP contribution in [0.25, 0.3) is 5.78 Å². The molecule has 33 heavy (non-hydrogen) atoms. The van der Waals surface area contributed by atoms with Gasteiger partial charge in [0, 0.05) is 28.4 Å². The van der Waals surface area contributed by atoms with Crippen LogP contribution < -0.4 is 5.32 Å². The van der Waals surface area contributed by atoms with Gasteiger partial charge in [-0.2, -0.15) is 4.98 Å². The highest BCUT2D eigenvalue weighted by Crippen LogP contribution is 2.26. The average molecular weight is 504 g/mol. The van der Waals surface area contributed by atoms with E-state index in [1.807, 2.05) is 26.8 Å². The molecule has 0 saturated carbocycles. The number of carbonyl (C=O) groups is 1. The highest BCUT2D eigenvalue weighted by molar-refractivity contribution is 7.99. The lowest BCUT2D eigenvalue weighted by atomic mass is 10.0. The number of halogens is 3. The number of carbonyl (C=O) groups excluding carboxylic acids is 1. The highest BCUT2D eigenvalue weighted by Gasteiger charge is 2.17. The number of benzene rings is 2. The molecular formula is C23H20Cl2FN5OS. The number of rotatable bonds is 6. The Hall–Kier alpha value is -2.68. The van der Waals surface area contributed by atoms with Gasteiger partial charge < -0.3 is 5.32 Å². The van der Waals surface area contributed by atoms with Crippen LogP contribution in [-0.4, -0.2) is 31.2 Å². The molecule has 0 saturated heterocycles. The number of amides is 1. The molecule has 0 bridgehead atoms. The van der Waals surface area contributed by atoms with Crippen molar-refractivity contribution in [2.24, 2.45) is 0 Å². The van der Waals surface area contributed by atoms with Gasteiger partial charge in [0.15, 0.2) is 0 Å². The molecule has 2 aromatic heterocycles. The topological polar surface area (TPSA) is 72.2 Å². The molecule has 0 atom stereocenters. The molecule has 0 aliphatic rings. The fraction of sp³-hybridized carbons (Fsp3) is 0.217. The number of aromatic nitrogens is 4. The molecule has 170 valence electrons. The fourth-order valence-corrected chi connectivity index (χ4v) is 4.55.